The highest BCUT2D eigenvalue weighted by Crippen LogP contribution is 2.43. The number of nitriles is 1. The molecule has 18 heteroatoms. The van der Waals surface area contributed by atoms with E-state index < -0.39 is 26.6 Å². The Labute approximate surface area is 368 Å². The number of sulfonamides is 1. The van der Waals surface area contributed by atoms with E-state index in [9.17, 15) is 23.6 Å². The van der Waals surface area contributed by atoms with E-state index in [-0.39, 0.29) is 23.1 Å². The van der Waals surface area contributed by atoms with Crippen LogP contribution in [-0.4, -0.2) is 99.4 Å². The van der Waals surface area contributed by atoms with Gasteiger partial charge in [0, 0.05) is 81.4 Å². The lowest BCUT2D eigenvalue weighted by atomic mass is 10.0. The minimum Gasteiger partial charge on any atom is -0.434 e. The summed E-state index contributed by atoms with van der Waals surface area (Å²) < 4.78 is 34.9. The number of aliphatic hydroxyl groups excluding tert-OH is 1. The zero-order valence-corrected chi connectivity index (χ0v) is 36.4. The molecule has 3 fully saturated rings. The van der Waals surface area contributed by atoms with Crippen LogP contribution < -0.4 is 15.5 Å². The van der Waals surface area contributed by atoms with Crippen LogP contribution in [0.4, 0.5) is 11.5 Å². The number of likely N-dealkylation sites (tertiary alicyclic amines) is 2. The summed E-state index contributed by atoms with van der Waals surface area (Å²) in [5.74, 6) is -0.156. The molecular formula is C44H44Cl2N10O5S. The zero-order chi connectivity index (χ0) is 43.3. The summed E-state index contributed by atoms with van der Waals surface area (Å²) in [6.45, 7) is 5.87. The lowest BCUT2D eigenvalue weighted by Crippen LogP contribution is -2.42. The standard InChI is InChI=1S/C44H44Cl2N10O5S/c1-44(12-13-44)62(59,60)53-42(58)28-10-15-54(23-28)17-18-56-24-29(20-47)39-38(41(56)48-2)52-43(61-39)33-7-3-5-31(35(33)45)32-6-4-8-34(36(32)46)51-40-37-27(9-14-49-40)19-26(21-50-37)22-55-16-11-30(57)25-55/h3-9,14,19,21,24,28,30,57H,10-13,15-18,22-23,25H2,1-2H3,(H,49,51)(H,53,58)/t28-,30-/m1/s1. The Hall–Kier alpha value is -5.41. The number of benzene rings is 2. The molecule has 3 aliphatic rings. The number of halogens is 2. The Morgan fingerprint density at radius 3 is 2.52 bits per heavy atom. The molecule has 320 valence electrons. The van der Waals surface area contributed by atoms with E-state index in [1.54, 1.807) is 32.4 Å². The lowest BCUT2D eigenvalue weighted by Gasteiger charge is -2.18. The van der Waals surface area contributed by atoms with Crippen LogP contribution in [0.15, 0.2) is 76.5 Å². The Bertz CT molecular complexity index is 2980. The number of anilines is 2. The summed E-state index contributed by atoms with van der Waals surface area (Å²) in [6, 6.07) is 17.3. The number of oxazole rings is 1. The average Bonchev–Trinajstić information content (AvgIpc) is 3.56. The molecule has 4 aromatic heterocycles. The third-order valence-electron chi connectivity index (χ3n) is 12.2. The monoisotopic (exact) mass is 894 g/mol. The van der Waals surface area contributed by atoms with Crippen LogP contribution in [0.1, 0.15) is 43.7 Å². The number of aliphatic hydroxyl groups is 1. The maximum Gasteiger partial charge on any atom is 0.240 e. The van der Waals surface area contributed by atoms with Crippen LogP contribution in [0.2, 0.25) is 10.0 Å². The van der Waals surface area contributed by atoms with E-state index in [4.69, 9.17) is 37.6 Å². The molecule has 1 saturated carbocycles. The number of aromatic nitrogens is 4. The van der Waals surface area contributed by atoms with Crippen molar-refractivity contribution in [3.63, 3.8) is 0 Å². The average molecular weight is 896 g/mol. The highest BCUT2D eigenvalue weighted by atomic mass is 35.5. The Morgan fingerprint density at radius 2 is 1.77 bits per heavy atom. The Balaban J connectivity index is 0.945. The molecule has 2 aromatic carbocycles. The van der Waals surface area contributed by atoms with Crippen LogP contribution in [0.25, 0.3) is 44.6 Å². The number of fused-ring (bicyclic) bond motifs is 2. The quantitative estimate of drug-likeness (QED) is 0.125. The van der Waals surface area contributed by atoms with Gasteiger partial charge < -0.3 is 24.3 Å². The topological polar surface area (TPSA) is 195 Å². The van der Waals surface area contributed by atoms with Gasteiger partial charge in [-0.3, -0.25) is 24.4 Å². The predicted octanol–water partition coefficient (Wildman–Crippen LogP) is 6.25. The molecule has 1 aliphatic carbocycles. The first-order valence-corrected chi connectivity index (χ1v) is 22.7. The molecule has 2 saturated heterocycles. The molecule has 15 nitrogen and oxygen atoms in total. The second-order valence-corrected chi connectivity index (χ2v) is 19.5. The lowest BCUT2D eigenvalue weighted by molar-refractivity contribution is -0.122. The van der Waals surface area contributed by atoms with E-state index in [2.05, 4.69) is 42.0 Å². The molecule has 0 bridgehead atoms. The van der Waals surface area contributed by atoms with Gasteiger partial charge in [-0.05, 0) is 69.0 Å². The number of hydrogen-bond acceptors (Lipinski definition) is 13. The van der Waals surface area contributed by atoms with Crippen molar-refractivity contribution in [2.75, 3.05) is 45.1 Å². The van der Waals surface area contributed by atoms with E-state index >= 15 is 0 Å². The van der Waals surface area contributed by atoms with Crippen LogP contribution in [0.5, 0.6) is 0 Å². The molecule has 62 heavy (non-hydrogen) atoms. The molecule has 2 aliphatic heterocycles. The van der Waals surface area contributed by atoms with Crippen molar-refractivity contribution in [2.45, 2.75) is 56.5 Å². The third-order valence-corrected chi connectivity index (χ3v) is 15.2. The maximum atomic E-state index is 12.9. The van der Waals surface area contributed by atoms with Crippen molar-refractivity contribution in [1.82, 2.24) is 34.0 Å². The van der Waals surface area contributed by atoms with Crippen LogP contribution in [0.3, 0.4) is 0 Å². The Kier molecular flexibility index (Phi) is 11.3. The molecule has 1 amide bonds. The number of rotatable bonds is 12. The summed E-state index contributed by atoms with van der Waals surface area (Å²) in [7, 11) is -2.06. The number of β-amino-alcohol motifs (C(OH)–C–C–N with tert-alkyl or cyclic N) is 1. The van der Waals surface area contributed by atoms with Gasteiger partial charge in [0.2, 0.25) is 21.8 Å². The summed E-state index contributed by atoms with van der Waals surface area (Å²) in [5, 5.41) is 25.2. The minimum atomic E-state index is -3.70. The van der Waals surface area contributed by atoms with Crippen LogP contribution in [0, 0.1) is 17.2 Å². The van der Waals surface area contributed by atoms with Crippen molar-refractivity contribution in [1.29, 1.82) is 5.26 Å². The number of carbonyl (C=O) groups excluding carboxylic acids is 1. The summed E-state index contributed by atoms with van der Waals surface area (Å²) in [6.07, 6.45) is 7.38. The van der Waals surface area contributed by atoms with Gasteiger partial charge in [-0.1, -0.05) is 47.5 Å². The fraction of sp³-hybridized carbons (Fsp3) is 0.364. The molecular weight excluding hydrogens is 852 g/mol. The summed E-state index contributed by atoms with van der Waals surface area (Å²) in [5.41, 5.74) is 5.55. The molecule has 0 radical (unpaired) electrons. The first-order chi connectivity index (χ1) is 29.8. The van der Waals surface area contributed by atoms with E-state index in [1.165, 1.54) is 0 Å². The number of carbonyl (C=O) groups is 1. The predicted molar refractivity (Wildman–Crippen MR) is 237 cm³/mol. The van der Waals surface area contributed by atoms with Crippen molar-refractivity contribution >= 4 is 72.6 Å². The SMILES string of the molecule is CN=c1c2nc(-c3cccc(-c4cccc(Nc5nccc6cc(CN7CC[C@@H](O)C7)cnc56)c4Cl)c3Cl)oc2c(C#N)cn1CCN1CC[C@@H](C(=O)NS(=O)(=O)C2(C)CC2)C1. The molecule has 9 rings (SSSR count). The number of nitrogens with zero attached hydrogens (tertiary/aromatic N) is 8. The van der Waals surface area contributed by atoms with Gasteiger partial charge in [0.25, 0.3) is 0 Å². The van der Waals surface area contributed by atoms with E-state index in [1.807, 2.05) is 47.2 Å². The van der Waals surface area contributed by atoms with Gasteiger partial charge in [-0.15, -0.1) is 0 Å². The fourth-order valence-corrected chi connectivity index (χ4v) is 10.2. The van der Waals surface area contributed by atoms with Crippen LogP contribution in [-0.2, 0) is 27.9 Å². The first-order valence-electron chi connectivity index (χ1n) is 20.5. The number of amides is 1. The largest absolute Gasteiger partial charge is 0.434 e. The summed E-state index contributed by atoms with van der Waals surface area (Å²) >= 11 is 14.3. The molecule has 2 atom stereocenters. The second-order valence-electron chi connectivity index (χ2n) is 16.5. The van der Waals surface area contributed by atoms with Crippen molar-refractivity contribution in [2.24, 2.45) is 10.9 Å². The van der Waals surface area contributed by atoms with Gasteiger partial charge in [-0.2, -0.15) is 5.26 Å². The highest BCUT2D eigenvalue weighted by molar-refractivity contribution is 7.91. The van der Waals surface area contributed by atoms with Gasteiger partial charge in [-0.25, -0.2) is 18.4 Å². The number of nitrogens with one attached hydrogen (secondary N) is 2. The smallest absolute Gasteiger partial charge is 0.240 e. The van der Waals surface area contributed by atoms with Gasteiger partial charge in [0.15, 0.2) is 22.4 Å². The van der Waals surface area contributed by atoms with Gasteiger partial charge in [0.05, 0.1) is 38.1 Å². The van der Waals surface area contributed by atoms with Gasteiger partial charge in [0.1, 0.15) is 17.1 Å². The van der Waals surface area contributed by atoms with Crippen LogP contribution >= 0.6 is 23.2 Å². The van der Waals surface area contributed by atoms with Crippen molar-refractivity contribution in [3.8, 4) is 28.7 Å². The number of pyridine rings is 3. The minimum absolute atomic E-state index is 0.200. The van der Waals surface area contributed by atoms with Crippen molar-refractivity contribution in [3.05, 3.63) is 93.8 Å². The van der Waals surface area contributed by atoms with Gasteiger partial charge >= 0.3 is 0 Å². The first kappa shape index (κ1) is 41.9. The molecule has 0 spiro atoms. The number of hydrogen-bond donors (Lipinski definition) is 3. The van der Waals surface area contributed by atoms with E-state index in [0.29, 0.717) is 113 Å². The normalized spacial score (nSPS) is 19.3. The fourth-order valence-electron chi connectivity index (χ4n) is 8.31. The molecule has 6 heterocycles. The van der Waals surface area contributed by atoms with E-state index in [0.717, 1.165) is 23.9 Å². The molecule has 0 unspecified atom stereocenters. The zero-order valence-electron chi connectivity index (χ0n) is 34.1. The second kappa shape index (κ2) is 16.7. The maximum absolute atomic E-state index is 12.9. The van der Waals surface area contributed by atoms with Crippen molar-refractivity contribution < 1.29 is 22.7 Å². The Morgan fingerprint density at radius 1 is 1.02 bits per heavy atom. The molecule has 3 N–H and O–H groups in total. The summed E-state index contributed by atoms with van der Waals surface area (Å²) in [4.78, 5) is 35.9. The third kappa shape index (κ3) is 8.05. The highest BCUT2D eigenvalue weighted by Gasteiger charge is 2.51. The molecule has 6 aromatic rings.